The van der Waals surface area contributed by atoms with E-state index in [0.717, 1.165) is 5.56 Å². The Bertz CT molecular complexity index is 693. The number of ether oxygens (including phenoxy) is 1. The first kappa shape index (κ1) is 15.2. The highest BCUT2D eigenvalue weighted by atomic mass is 79.9. The van der Waals surface area contributed by atoms with E-state index in [1.54, 1.807) is 6.07 Å². The summed E-state index contributed by atoms with van der Waals surface area (Å²) in [5.41, 5.74) is 7.27. The van der Waals surface area contributed by atoms with Gasteiger partial charge in [0.2, 0.25) is 0 Å². The van der Waals surface area contributed by atoms with Gasteiger partial charge < -0.3 is 10.5 Å². The summed E-state index contributed by atoms with van der Waals surface area (Å²) in [6.45, 7) is 1.92. The standard InChI is InChI=1S/C14H10BrClFNOS/c1-7-2-3-12(8(4-7)14(18)20)19-13-6-11(17)10(16)5-9(13)15/h2-6H,1H3,(H2,18,20). The van der Waals surface area contributed by atoms with Gasteiger partial charge in [0.25, 0.3) is 0 Å². The van der Waals surface area contributed by atoms with Crippen LogP contribution in [0.3, 0.4) is 0 Å². The summed E-state index contributed by atoms with van der Waals surface area (Å²) in [5.74, 6) is 0.202. The lowest BCUT2D eigenvalue weighted by molar-refractivity contribution is 0.472. The summed E-state index contributed by atoms with van der Waals surface area (Å²) in [7, 11) is 0. The molecule has 2 nitrogen and oxygen atoms in total. The van der Waals surface area contributed by atoms with Crippen LogP contribution in [0.1, 0.15) is 11.1 Å². The van der Waals surface area contributed by atoms with Crippen molar-refractivity contribution in [2.45, 2.75) is 6.92 Å². The lowest BCUT2D eigenvalue weighted by atomic mass is 10.1. The molecule has 0 aliphatic carbocycles. The molecule has 0 aliphatic rings. The number of halogens is 3. The molecular formula is C14H10BrClFNOS. The van der Waals surface area contributed by atoms with E-state index in [1.165, 1.54) is 12.1 Å². The fourth-order valence-corrected chi connectivity index (χ4v) is 2.51. The average Bonchev–Trinajstić information content (AvgIpc) is 2.37. The third-order valence-electron chi connectivity index (χ3n) is 2.60. The molecule has 6 heteroatoms. The van der Waals surface area contributed by atoms with E-state index in [2.05, 4.69) is 15.9 Å². The summed E-state index contributed by atoms with van der Waals surface area (Å²) < 4.78 is 19.7. The van der Waals surface area contributed by atoms with Gasteiger partial charge in [-0.1, -0.05) is 35.4 Å². The van der Waals surface area contributed by atoms with Gasteiger partial charge in [-0.25, -0.2) is 4.39 Å². The van der Waals surface area contributed by atoms with Crippen LogP contribution in [0.5, 0.6) is 11.5 Å². The predicted molar refractivity (Wildman–Crippen MR) is 86.3 cm³/mol. The van der Waals surface area contributed by atoms with Crippen molar-refractivity contribution in [3.05, 3.63) is 56.8 Å². The molecule has 0 bridgehead atoms. The maximum absolute atomic E-state index is 13.5. The first-order valence-corrected chi connectivity index (χ1v) is 7.19. The van der Waals surface area contributed by atoms with Crippen molar-refractivity contribution >= 4 is 44.7 Å². The zero-order chi connectivity index (χ0) is 14.9. The monoisotopic (exact) mass is 373 g/mol. The molecule has 0 heterocycles. The lowest BCUT2D eigenvalue weighted by Crippen LogP contribution is -2.11. The second-order valence-electron chi connectivity index (χ2n) is 4.16. The third kappa shape index (κ3) is 3.29. The summed E-state index contributed by atoms with van der Waals surface area (Å²) in [4.78, 5) is 0.217. The number of rotatable bonds is 3. The van der Waals surface area contributed by atoms with Crippen LogP contribution in [0.15, 0.2) is 34.8 Å². The van der Waals surface area contributed by atoms with Gasteiger partial charge in [-0.15, -0.1) is 0 Å². The number of hydrogen-bond donors (Lipinski definition) is 1. The first-order chi connectivity index (χ1) is 9.38. The number of benzene rings is 2. The van der Waals surface area contributed by atoms with E-state index in [0.29, 0.717) is 21.5 Å². The van der Waals surface area contributed by atoms with Crippen LogP contribution >= 0.6 is 39.7 Å². The molecule has 104 valence electrons. The van der Waals surface area contributed by atoms with Crippen LogP contribution in [0.25, 0.3) is 0 Å². The largest absolute Gasteiger partial charge is 0.455 e. The third-order valence-corrected chi connectivity index (χ3v) is 3.72. The van der Waals surface area contributed by atoms with Crippen LogP contribution in [0, 0.1) is 12.7 Å². The SMILES string of the molecule is Cc1ccc(Oc2cc(F)c(Cl)cc2Br)c(C(N)=S)c1. The maximum Gasteiger partial charge on any atom is 0.145 e. The van der Waals surface area contributed by atoms with E-state index in [9.17, 15) is 4.39 Å². The minimum absolute atomic E-state index is 0.0164. The van der Waals surface area contributed by atoms with Crippen molar-refractivity contribution in [1.29, 1.82) is 0 Å². The number of nitrogens with two attached hydrogens (primary N) is 1. The highest BCUT2D eigenvalue weighted by Gasteiger charge is 2.12. The Morgan fingerprint density at radius 3 is 2.65 bits per heavy atom. The van der Waals surface area contributed by atoms with Gasteiger partial charge in [-0.05, 0) is 41.1 Å². The van der Waals surface area contributed by atoms with Crippen molar-refractivity contribution in [1.82, 2.24) is 0 Å². The molecular weight excluding hydrogens is 365 g/mol. The topological polar surface area (TPSA) is 35.2 Å². The number of aryl methyl sites for hydroxylation is 1. The molecule has 0 atom stereocenters. The van der Waals surface area contributed by atoms with Gasteiger partial charge in [0.05, 0.1) is 15.1 Å². The van der Waals surface area contributed by atoms with E-state index in [-0.39, 0.29) is 10.0 Å². The van der Waals surface area contributed by atoms with Crippen LogP contribution in [-0.2, 0) is 0 Å². The van der Waals surface area contributed by atoms with Crippen molar-refractivity contribution < 1.29 is 9.13 Å². The number of thiocarbonyl (C=S) groups is 1. The second-order valence-corrected chi connectivity index (χ2v) is 5.86. The minimum atomic E-state index is -0.561. The highest BCUT2D eigenvalue weighted by Crippen LogP contribution is 2.35. The van der Waals surface area contributed by atoms with E-state index >= 15 is 0 Å². The molecule has 2 aromatic rings. The molecule has 2 N–H and O–H groups in total. The van der Waals surface area contributed by atoms with Crippen molar-refractivity contribution in [3.8, 4) is 11.5 Å². The van der Waals surface area contributed by atoms with Crippen molar-refractivity contribution in [3.63, 3.8) is 0 Å². The van der Waals surface area contributed by atoms with Gasteiger partial charge in [0.15, 0.2) is 0 Å². The first-order valence-electron chi connectivity index (χ1n) is 5.61. The van der Waals surface area contributed by atoms with Crippen LogP contribution in [0.2, 0.25) is 5.02 Å². The highest BCUT2D eigenvalue weighted by molar-refractivity contribution is 9.10. The molecule has 0 radical (unpaired) electrons. The predicted octanol–water partition coefficient (Wildman–Crippen LogP) is 4.98. The normalized spacial score (nSPS) is 10.4. The molecule has 0 amide bonds. The van der Waals surface area contributed by atoms with Crippen LogP contribution in [0.4, 0.5) is 4.39 Å². The van der Waals surface area contributed by atoms with Crippen molar-refractivity contribution in [2.24, 2.45) is 5.73 Å². The molecule has 0 fully saturated rings. The molecule has 0 unspecified atom stereocenters. The fourth-order valence-electron chi connectivity index (χ4n) is 1.63. The van der Waals surface area contributed by atoms with Gasteiger partial charge >= 0.3 is 0 Å². The molecule has 20 heavy (non-hydrogen) atoms. The summed E-state index contributed by atoms with van der Waals surface area (Å²) in [5, 5.41) is 0.0164. The fraction of sp³-hybridized carbons (Fsp3) is 0.0714. The van der Waals surface area contributed by atoms with Gasteiger partial charge in [0, 0.05) is 6.07 Å². The minimum Gasteiger partial charge on any atom is -0.455 e. The van der Waals surface area contributed by atoms with Crippen molar-refractivity contribution in [2.75, 3.05) is 0 Å². The van der Waals surface area contributed by atoms with E-state index in [1.807, 2.05) is 19.1 Å². The molecule has 0 saturated carbocycles. The molecule has 0 spiro atoms. The Kier molecular flexibility index (Phi) is 4.62. The zero-order valence-corrected chi connectivity index (χ0v) is 13.6. The maximum atomic E-state index is 13.5. The van der Waals surface area contributed by atoms with Gasteiger partial charge in [-0.2, -0.15) is 0 Å². The second kappa shape index (κ2) is 6.08. The molecule has 0 aromatic heterocycles. The summed E-state index contributed by atoms with van der Waals surface area (Å²) in [6, 6.07) is 8.05. The lowest BCUT2D eigenvalue weighted by Gasteiger charge is -2.13. The van der Waals surface area contributed by atoms with E-state index < -0.39 is 5.82 Å². The molecule has 2 rings (SSSR count). The number of hydrogen-bond acceptors (Lipinski definition) is 2. The smallest absolute Gasteiger partial charge is 0.145 e. The Balaban J connectivity index is 2.45. The van der Waals surface area contributed by atoms with E-state index in [4.69, 9.17) is 34.3 Å². The Morgan fingerprint density at radius 1 is 1.30 bits per heavy atom. The molecule has 2 aromatic carbocycles. The summed E-state index contributed by atoms with van der Waals surface area (Å²) >= 11 is 14.0. The molecule has 0 saturated heterocycles. The van der Waals surface area contributed by atoms with Gasteiger partial charge in [0.1, 0.15) is 22.3 Å². The van der Waals surface area contributed by atoms with Crippen LogP contribution < -0.4 is 10.5 Å². The Hall–Kier alpha value is -1.17. The Labute approximate surface area is 134 Å². The molecule has 0 aliphatic heterocycles. The quantitative estimate of drug-likeness (QED) is 0.608. The van der Waals surface area contributed by atoms with Crippen LogP contribution in [-0.4, -0.2) is 4.99 Å². The average molecular weight is 375 g/mol. The zero-order valence-electron chi connectivity index (χ0n) is 10.4. The van der Waals surface area contributed by atoms with Gasteiger partial charge in [-0.3, -0.25) is 0 Å². The Morgan fingerprint density at radius 2 is 2.00 bits per heavy atom. The summed E-state index contributed by atoms with van der Waals surface area (Å²) in [6.07, 6.45) is 0.